The maximum absolute atomic E-state index is 12.8. The Morgan fingerprint density at radius 2 is 1.31 bits per heavy atom. The molecule has 4 aromatic carbocycles. The zero-order valence-corrected chi connectivity index (χ0v) is 24.1. The van der Waals surface area contributed by atoms with E-state index >= 15 is 0 Å². The van der Waals surface area contributed by atoms with Crippen molar-refractivity contribution >= 4 is 39.4 Å². The number of fused-ring (bicyclic) bond motifs is 2. The van der Waals surface area contributed by atoms with Gasteiger partial charge in [-0.1, -0.05) is 78.7 Å². The second-order valence-electron chi connectivity index (χ2n) is 7.84. The Kier molecular flexibility index (Phi) is 11.2. The van der Waals surface area contributed by atoms with E-state index in [1.807, 2.05) is 60.7 Å². The molecule has 0 saturated heterocycles. The van der Waals surface area contributed by atoms with Gasteiger partial charge in [-0.3, -0.25) is 4.79 Å². The molecule has 0 bridgehead atoms. The van der Waals surface area contributed by atoms with Crippen molar-refractivity contribution in [3.63, 3.8) is 0 Å². The summed E-state index contributed by atoms with van der Waals surface area (Å²) < 4.78 is 0. The van der Waals surface area contributed by atoms with Crippen LogP contribution in [-0.4, -0.2) is 35.3 Å². The van der Waals surface area contributed by atoms with Gasteiger partial charge < -0.3 is 24.7 Å². The van der Waals surface area contributed by atoms with E-state index in [0.717, 1.165) is 21.5 Å². The van der Waals surface area contributed by atoms with Gasteiger partial charge in [-0.05, 0) is 45.7 Å². The third-order valence-electron chi connectivity index (χ3n) is 5.51. The average Bonchev–Trinajstić information content (AvgIpc) is 2.84. The van der Waals surface area contributed by atoms with Crippen LogP contribution >= 0.6 is 0 Å². The van der Waals surface area contributed by atoms with E-state index in [9.17, 15) is 24.6 Å². The molecule has 0 heterocycles. The molecule has 1 unspecified atom stereocenters. The SMILES string of the molecule is O=C([O-])CN(C(=O)C#Cc1ccc2ccccc2c1)C(Cc1ccc2ccccc2c1)C(=O)[O-].[Na+].[Na+]. The van der Waals surface area contributed by atoms with E-state index in [2.05, 4.69) is 11.8 Å². The van der Waals surface area contributed by atoms with E-state index in [1.54, 1.807) is 24.3 Å². The van der Waals surface area contributed by atoms with Crippen LogP contribution in [-0.2, 0) is 20.8 Å². The smallest absolute Gasteiger partial charge is 0.548 e. The molecule has 168 valence electrons. The molecule has 0 aliphatic rings. The van der Waals surface area contributed by atoms with Gasteiger partial charge >= 0.3 is 59.1 Å². The van der Waals surface area contributed by atoms with Crippen LogP contribution in [0, 0.1) is 11.8 Å². The van der Waals surface area contributed by atoms with Crippen molar-refractivity contribution in [2.75, 3.05) is 6.54 Å². The minimum absolute atomic E-state index is 0. The first-order valence-corrected chi connectivity index (χ1v) is 10.6. The maximum atomic E-state index is 12.8. The quantitative estimate of drug-likeness (QED) is 0.198. The first-order chi connectivity index (χ1) is 16.4. The second kappa shape index (κ2) is 13.6. The van der Waals surface area contributed by atoms with Crippen LogP contribution in [0.25, 0.3) is 21.5 Å². The number of hydrogen-bond donors (Lipinski definition) is 0. The molecule has 0 radical (unpaired) electrons. The van der Waals surface area contributed by atoms with Crippen molar-refractivity contribution in [3.05, 3.63) is 96.1 Å². The zero-order valence-electron chi connectivity index (χ0n) is 20.1. The van der Waals surface area contributed by atoms with Crippen LogP contribution in [0.3, 0.4) is 0 Å². The fourth-order valence-corrected chi connectivity index (χ4v) is 3.84. The number of hydrogen-bond acceptors (Lipinski definition) is 5. The van der Waals surface area contributed by atoms with E-state index in [0.29, 0.717) is 16.0 Å². The summed E-state index contributed by atoms with van der Waals surface area (Å²) >= 11 is 0. The molecular weight excluding hydrogens is 476 g/mol. The van der Waals surface area contributed by atoms with Crippen LogP contribution in [0.1, 0.15) is 11.1 Å². The van der Waals surface area contributed by atoms with Gasteiger partial charge in [-0.25, -0.2) is 0 Å². The molecule has 8 heteroatoms. The fraction of sp³-hybridized carbons (Fsp3) is 0.107. The summed E-state index contributed by atoms with van der Waals surface area (Å²) in [6, 6.07) is 24.4. The molecule has 0 aromatic heterocycles. The summed E-state index contributed by atoms with van der Waals surface area (Å²) in [5, 5.41) is 27.1. The molecule has 1 amide bonds. The number of amides is 1. The standard InChI is InChI=1S/C28H21NO5.2Na/c30-26(14-11-19-9-12-21-5-1-3-7-23(21)15-19)29(18-27(31)32)25(28(33)34)17-20-10-13-22-6-2-4-8-24(22)16-20;;/h1-10,12-13,15-16,25H,17-18H2,(H,31,32)(H,33,34);;/q;2*+1/p-2. The number of aliphatic carboxylic acids is 2. The minimum atomic E-state index is -1.59. The molecule has 0 aliphatic carbocycles. The van der Waals surface area contributed by atoms with Gasteiger partial charge in [0.25, 0.3) is 5.91 Å². The summed E-state index contributed by atoms with van der Waals surface area (Å²) in [6.07, 6.45) is -0.135. The van der Waals surface area contributed by atoms with Gasteiger partial charge in [0.15, 0.2) is 0 Å². The predicted molar refractivity (Wildman–Crippen MR) is 124 cm³/mol. The van der Waals surface area contributed by atoms with Crippen molar-refractivity contribution in [2.24, 2.45) is 0 Å². The second-order valence-corrected chi connectivity index (χ2v) is 7.84. The largest absolute Gasteiger partial charge is 1.00 e. The Morgan fingerprint density at radius 1 is 0.750 bits per heavy atom. The third-order valence-corrected chi connectivity index (χ3v) is 5.51. The molecule has 0 aliphatic heterocycles. The molecule has 0 fully saturated rings. The van der Waals surface area contributed by atoms with Crippen molar-refractivity contribution in [2.45, 2.75) is 12.5 Å². The Morgan fingerprint density at radius 3 is 1.89 bits per heavy atom. The van der Waals surface area contributed by atoms with Gasteiger partial charge in [0.2, 0.25) is 0 Å². The molecule has 0 spiro atoms. The Hall–Kier alpha value is -2.63. The predicted octanol–water partition coefficient (Wildman–Crippen LogP) is -4.71. The first kappa shape index (κ1) is 29.6. The van der Waals surface area contributed by atoms with Gasteiger partial charge in [-0.2, -0.15) is 0 Å². The average molecular weight is 495 g/mol. The summed E-state index contributed by atoms with van der Waals surface area (Å²) in [4.78, 5) is 36.8. The van der Waals surface area contributed by atoms with E-state index in [-0.39, 0.29) is 65.5 Å². The normalized spacial score (nSPS) is 10.8. The number of nitrogens with zero attached hydrogens (tertiary/aromatic N) is 1. The molecule has 0 N–H and O–H groups in total. The van der Waals surface area contributed by atoms with Crippen LogP contribution < -0.4 is 69.3 Å². The molecule has 4 rings (SSSR count). The molecule has 0 saturated carbocycles. The molecule has 1 atom stereocenters. The Labute approximate surface area is 252 Å². The zero-order chi connectivity index (χ0) is 24.1. The molecule has 36 heavy (non-hydrogen) atoms. The molecular formula is C28H19NNa2O5. The summed E-state index contributed by atoms with van der Waals surface area (Å²) in [7, 11) is 0. The van der Waals surface area contributed by atoms with E-state index < -0.39 is 30.4 Å². The Bertz CT molecular complexity index is 1480. The van der Waals surface area contributed by atoms with E-state index in [1.165, 1.54) is 0 Å². The van der Waals surface area contributed by atoms with Crippen LogP contribution in [0.4, 0.5) is 0 Å². The molecule has 4 aromatic rings. The number of carbonyl (C=O) groups excluding carboxylic acids is 3. The summed E-state index contributed by atoms with van der Waals surface area (Å²) in [5.74, 6) is 0.975. The van der Waals surface area contributed by atoms with Crippen molar-refractivity contribution in [3.8, 4) is 11.8 Å². The summed E-state index contributed by atoms with van der Waals surface area (Å²) in [5.41, 5.74) is 1.16. The van der Waals surface area contributed by atoms with Crippen molar-refractivity contribution in [1.82, 2.24) is 4.90 Å². The topological polar surface area (TPSA) is 101 Å². The van der Waals surface area contributed by atoms with Gasteiger partial charge in [0.1, 0.15) is 0 Å². The maximum Gasteiger partial charge on any atom is 1.00 e. The van der Waals surface area contributed by atoms with Crippen molar-refractivity contribution < 1.29 is 83.7 Å². The third kappa shape index (κ3) is 7.44. The minimum Gasteiger partial charge on any atom is -0.548 e. The van der Waals surface area contributed by atoms with Crippen LogP contribution in [0.2, 0.25) is 0 Å². The number of rotatable bonds is 6. The molecule has 6 nitrogen and oxygen atoms in total. The fourth-order valence-electron chi connectivity index (χ4n) is 3.84. The van der Waals surface area contributed by atoms with Gasteiger partial charge in [0, 0.05) is 11.5 Å². The number of carboxylic acid groups (broad SMARTS) is 2. The van der Waals surface area contributed by atoms with E-state index in [4.69, 9.17) is 0 Å². The van der Waals surface area contributed by atoms with Crippen LogP contribution in [0.15, 0.2) is 84.9 Å². The van der Waals surface area contributed by atoms with Gasteiger partial charge in [0.05, 0.1) is 24.5 Å². The Balaban J connectivity index is 0.00000228. The van der Waals surface area contributed by atoms with Crippen molar-refractivity contribution in [1.29, 1.82) is 0 Å². The number of benzene rings is 4. The monoisotopic (exact) mass is 495 g/mol. The summed E-state index contributed by atoms with van der Waals surface area (Å²) in [6.45, 7) is -0.919. The van der Waals surface area contributed by atoms with Gasteiger partial charge in [-0.15, -0.1) is 0 Å². The number of carboxylic acids is 2. The number of carbonyl (C=O) groups is 3. The first-order valence-electron chi connectivity index (χ1n) is 10.6. The van der Waals surface area contributed by atoms with Crippen LogP contribution in [0.5, 0.6) is 0 Å².